The molecule has 0 saturated carbocycles. The van der Waals surface area contributed by atoms with E-state index >= 15 is 0 Å². The second-order valence-corrected chi connectivity index (χ2v) is 14.9. The Bertz CT molecular complexity index is 3290. The van der Waals surface area contributed by atoms with E-state index in [1.54, 1.807) is 0 Å². The fourth-order valence-corrected chi connectivity index (χ4v) is 8.67. The predicted molar refractivity (Wildman–Crippen MR) is 245 cm³/mol. The summed E-state index contributed by atoms with van der Waals surface area (Å²) in [6, 6.07) is 80.8. The summed E-state index contributed by atoms with van der Waals surface area (Å²) in [6.07, 6.45) is 0. The zero-order chi connectivity index (χ0) is 38.4. The zero-order valence-corrected chi connectivity index (χ0v) is 31.7. The minimum absolute atomic E-state index is 0.882. The van der Waals surface area contributed by atoms with Gasteiger partial charge < -0.3 is 9.32 Å². The van der Waals surface area contributed by atoms with Gasteiger partial charge in [0.25, 0.3) is 0 Å². The summed E-state index contributed by atoms with van der Waals surface area (Å²) in [4.78, 5) is 2.39. The van der Waals surface area contributed by atoms with E-state index in [1.807, 2.05) is 12.1 Å². The largest absolute Gasteiger partial charge is 0.456 e. The van der Waals surface area contributed by atoms with Gasteiger partial charge in [-0.15, -0.1) is 0 Å². The van der Waals surface area contributed by atoms with Crippen molar-refractivity contribution in [3.8, 4) is 44.5 Å². The van der Waals surface area contributed by atoms with Crippen molar-refractivity contribution in [1.29, 1.82) is 0 Å². The van der Waals surface area contributed by atoms with Crippen molar-refractivity contribution in [1.82, 2.24) is 0 Å². The van der Waals surface area contributed by atoms with Crippen LogP contribution in [0.2, 0.25) is 0 Å². The quantitative estimate of drug-likeness (QED) is 0.162. The summed E-state index contributed by atoms with van der Waals surface area (Å²) in [5, 5.41) is 7.24. The molecular weight excluding hydrogens is 703 g/mol. The Morgan fingerprint density at radius 1 is 0.276 bits per heavy atom. The molecule has 11 rings (SSSR count). The third-order valence-electron chi connectivity index (χ3n) is 11.5. The molecule has 0 aliphatic heterocycles. The first-order chi connectivity index (χ1) is 28.7. The van der Waals surface area contributed by atoms with Crippen LogP contribution in [0.3, 0.4) is 0 Å². The molecule has 1 aromatic heterocycles. The van der Waals surface area contributed by atoms with Crippen molar-refractivity contribution in [3.05, 3.63) is 224 Å². The smallest absolute Gasteiger partial charge is 0.136 e. The lowest BCUT2D eigenvalue weighted by molar-refractivity contribution is 0.669. The van der Waals surface area contributed by atoms with E-state index < -0.39 is 0 Å². The van der Waals surface area contributed by atoms with Crippen LogP contribution in [-0.2, 0) is 0 Å². The van der Waals surface area contributed by atoms with Crippen LogP contribution >= 0.6 is 0 Å². The van der Waals surface area contributed by atoms with Gasteiger partial charge in [0.05, 0.1) is 5.69 Å². The fourth-order valence-electron chi connectivity index (χ4n) is 8.67. The van der Waals surface area contributed by atoms with Crippen molar-refractivity contribution in [2.45, 2.75) is 0 Å². The van der Waals surface area contributed by atoms with Crippen LogP contribution in [-0.4, -0.2) is 0 Å². The van der Waals surface area contributed by atoms with E-state index in [-0.39, 0.29) is 0 Å². The van der Waals surface area contributed by atoms with E-state index in [9.17, 15) is 0 Å². The first-order valence-electron chi connectivity index (χ1n) is 19.8. The number of hydrogen-bond donors (Lipinski definition) is 0. The Labute approximate surface area is 337 Å². The Balaban J connectivity index is 1.06. The molecule has 0 fully saturated rings. The van der Waals surface area contributed by atoms with Gasteiger partial charge in [-0.25, -0.2) is 0 Å². The van der Waals surface area contributed by atoms with Gasteiger partial charge in [-0.3, -0.25) is 0 Å². The number of benzene rings is 10. The van der Waals surface area contributed by atoms with Crippen LogP contribution < -0.4 is 4.90 Å². The number of para-hydroxylation sites is 2. The van der Waals surface area contributed by atoms with Gasteiger partial charge in [0.2, 0.25) is 0 Å². The molecule has 272 valence electrons. The second kappa shape index (κ2) is 14.1. The molecule has 0 saturated heterocycles. The molecule has 2 nitrogen and oxygen atoms in total. The highest BCUT2D eigenvalue weighted by Crippen LogP contribution is 2.44. The molecular formula is C56H37NO. The van der Waals surface area contributed by atoms with Crippen molar-refractivity contribution in [3.63, 3.8) is 0 Å². The van der Waals surface area contributed by atoms with Crippen molar-refractivity contribution < 1.29 is 4.42 Å². The van der Waals surface area contributed by atoms with Crippen LogP contribution in [0.15, 0.2) is 229 Å². The van der Waals surface area contributed by atoms with Crippen LogP contribution in [0.5, 0.6) is 0 Å². The Morgan fingerprint density at radius 2 is 0.793 bits per heavy atom. The normalized spacial score (nSPS) is 11.4. The lowest BCUT2D eigenvalue weighted by atomic mass is 9.95. The molecule has 0 bridgehead atoms. The summed E-state index contributed by atoms with van der Waals surface area (Å²) in [5.41, 5.74) is 14.4. The SMILES string of the molecule is c1cc(-c2cccc(N(c3ccc(-c4cccc5ccccc45)cc3)c3ccccc3-c3ccc4c(c3)oc3ccccc34)c2)cc(-c2cccc3ccccc23)c1. The highest BCUT2D eigenvalue weighted by atomic mass is 16.3. The Morgan fingerprint density at radius 3 is 1.57 bits per heavy atom. The average molecular weight is 740 g/mol. The number of anilines is 3. The van der Waals surface area contributed by atoms with E-state index in [0.717, 1.165) is 55.7 Å². The number of furan rings is 1. The Kier molecular flexibility index (Phi) is 8.19. The second-order valence-electron chi connectivity index (χ2n) is 14.9. The Hall–Kier alpha value is -7.68. The molecule has 1 heterocycles. The van der Waals surface area contributed by atoms with Gasteiger partial charge in [-0.05, 0) is 115 Å². The molecule has 0 aliphatic rings. The summed E-state index contributed by atoms with van der Waals surface area (Å²) in [7, 11) is 0. The zero-order valence-electron chi connectivity index (χ0n) is 31.7. The molecule has 0 atom stereocenters. The first kappa shape index (κ1) is 33.6. The topological polar surface area (TPSA) is 16.4 Å². The maximum Gasteiger partial charge on any atom is 0.136 e. The number of hydrogen-bond acceptors (Lipinski definition) is 2. The van der Waals surface area contributed by atoms with Crippen LogP contribution in [0, 0.1) is 0 Å². The molecule has 0 N–H and O–H groups in total. The van der Waals surface area contributed by atoms with E-state index in [2.05, 4.69) is 217 Å². The molecule has 0 spiro atoms. The van der Waals surface area contributed by atoms with E-state index in [0.29, 0.717) is 0 Å². The lowest BCUT2D eigenvalue weighted by Crippen LogP contribution is -2.11. The molecule has 0 amide bonds. The van der Waals surface area contributed by atoms with Crippen LogP contribution in [0.1, 0.15) is 0 Å². The molecule has 10 aromatic carbocycles. The first-order valence-corrected chi connectivity index (χ1v) is 19.8. The van der Waals surface area contributed by atoms with Crippen molar-refractivity contribution in [2.24, 2.45) is 0 Å². The highest BCUT2D eigenvalue weighted by molar-refractivity contribution is 6.06. The van der Waals surface area contributed by atoms with Gasteiger partial charge in [0.15, 0.2) is 0 Å². The maximum absolute atomic E-state index is 6.39. The standard InChI is InChI=1S/C56H37NO/c1-3-21-47-38(13-1)15-11-25-49(47)40-29-32-45(33-30-40)57(54-27-7-5-23-51(54)44-31-34-53-52-24-6-8-28-55(52)58-56(53)37-44)46-20-10-18-42(36-46)41-17-9-19-43(35-41)50-26-12-16-39-14-2-4-22-48(39)50/h1-37H. The number of fused-ring (bicyclic) bond motifs is 5. The fraction of sp³-hybridized carbons (Fsp3) is 0. The number of rotatable bonds is 7. The van der Waals surface area contributed by atoms with Gasteiger partial charge in [0, 0.05) is 27.7 Å². The number of nitrogens with zero attached hydrogens (tertiary/aromatic N) is 1. The molecule has 58 heavy (non-hydrogen) atoms. The van der Waals surface area contributed by atoms with Crippen LogP contribution in [0.25, 0.3) is 88.0 Å². The summed E-state index contributed by atoms with van der Waals surface area (Å²) >= 11 is 0. The van der Waals surface area contributed by atoms with Crippen molar-refractivity contribution >= 4 is 60.5 Å². The molecule has 0 aliphatic carbocycles. The van der Waals surface area contributed by atoms with Crippen molar-refractivity contribution in [2.75, 3.05) is 4.90 Å². The maximum atomic E-state index is 6.39. The van der Waals surface area contributed by atoms with Crippen LogP contribution in [0.4, 0.5) is 17.1 Å². The van der Waals surface area contributed by atoms with Gasteiger partial charge >= 0.3 is 0 Å². The minimum atomic E-state index is 0.882. The molecule has 0 radical (unpaired) electrons. The third kappa shape index (κ3) is 5.91. The average Bonchev–Trinajstić information content (AvgIpc) is 3.67. The molecule has 11 aromatic rings. The summed E-state index contributed by atoms with van der Waals surface area (Å²) in [6.45, 7) is 0. The monoisotopic (exact) mass is 739 g/mol. The molecule has 0 unspecified atom stereocenters. The predicted octanol–water partition coefficient (Wildman–Crippen LogP) is 16.0. The van der Waals surface area contributed by atoms with Gasteiger partial charge in [-0.2, -0.15) is 0 Å². The third-order valence-corrected chi connectivity index (χ3v) is 11.5. The molecule has 2 heteroatoms. The van der Waals surface area contributed by atoms with Gasteiger partial charge in [0.1, 0.15) is 11.2 Å². The summed E-state index contributed by atoms with van der Waals surface area (Å²) < 4.78 is 6.39. The lowest BCUT2D eigenvalue weighted by Gasteiger charge is -2.28. The summed E-state index contributed by atoms with van der Waals surface area (Å²) in [5.74, 6) is 0. The highest BCUT2D eigenvalue weighted by Gasteiger charge is 2.19. The van der Waals surface area contributed by atoms with E-state index in [1.165, 1.54) is 49.4 Å². The minimum Gasteiger partial charge on any atom is -0.456 e. The van der Waals surface area contributed by atoms with E-state index in [4.69, 9.17) is 4.42 Å². The van der Waals surface area contributed by atoms with Gasteiger partial charge in [-0.1, -0.05) is 170 Å².